The Kier molecular flexibility index (Phi) is 8.87. The molecule has 1 fully saturated rings. The predicted molar refractivity (Wildman–Crippen MR) is 116 cm³/mol. The fourth-order valence-corrected chi connectivity index (χ4v) is 2.89. The minimum absolute atomic E-state index is 0. The second-order valence-corrected chi connectivity index (χ2v) is 8.04. The fraction of sp³-hybridized carbons (Fsp3) is 0.611. The van der Waals surface area contributed by atoms with E-state index in [0.717, 1.165) is 32.2 Å². The molecule has 0 bridgehead atoms. The molecule has 0 saturated carbocycles. The van der Waals surface area contributed by atoms with Crippen LogP contribution in [0.1, 0.15) is 31.1 Å². The van der Waals surface area contributed by atoms with Gasteiger partial charge < -0.3 is 15.0 Å². The molecule has 2 rings (SSSR count). The first-order valence-corrected chi connectivity index (χ1v) is 9.37. The van der Waals surface area contributed by atoms with Crippen LogP contribution in [0.2, 0.25) is 0 Å². The van der Waals surface area contributed by atoms with Crippen molar-refractivity contribution in [3.05, 3.63) is 35.4 Å². The summed E-state index contributed by atoms with van der Waals surface area (Å²) in [5, 5.41) is 3.52. The number of aryl methyl sites for hydroxylation is 1. The molecule has 1 unspecified atom stereocenters. The van der Waals surface area contributed by atoms with Crippen molar-refractivity contribution in [2.75, 3.05) is 39.5 Å². The molecule has 1 heterocycles. The second kappa shape index (κ2) is 9.87. The average molecular weight is 463 g/mol. The molecule has 1 N–H and O–H groups in total. The molecular weight excluding hydrogens is 433 g/mol. The van der Waals surface area contributed by atoms with Gasteiger partial charge in [0.15, 0.2) is 5.96 Å². The molecule has 1 aromatic rings. The monoisotopic (exact) mass is 463 g/mol. The molecule has 1 aliphatic rings. The lowest BCUT2D eigenvalue weighted by Crippen LogP contribution is -2.50. The number of guanidine groups is 1. The molecule has 0 spiro atoms. The highest BCUT2D eigenvalue weighted by Crippen LogP contribution is 2.25. The van der Waals surface area contributed by atoms with E-state index in [2.05, 4.69) is 66.5 Å². The third-order valence-corrected chi connectivity index (χ3v) is 5.59. The second-order valence-electron chi connectivity index (χ2n) is 6.53. The lowest BCUT2D eigenvalue weighted by molar-refractivity contribution is -0.00832. The number of halogens is 1. The molecule has 1 aliphatic heterocycles. The van der Waals surface area contributed by atoms with Crippen molar-refractivity contribution in [2.45, 2.75) is 31.6 Å². The number of thioether (sulfide) groups is 1. The Labute approximate surface area is 167 Å². The Morgan fingerprint density at radius 1 is 1.42 bits per heavy atom. The van der Waals surface area contributed by atoms with Crippen LogP contribution >= 0.6 is 35.7 Å². The predicted octanol–water partition coefficient (Wildman–Crippen LogP) is 3.70. The number of morpholine rings is 1. The van der Waals surface area contributed by atoms with Crippen LogP contribution in [0, 0.1) is 6.92 Å². The van der Waals surface area contributed by atoms with Crippen molar-refractivity contribution < 1.29 is 4.74 Å². The summed E-state index contributed by atoms with van der Waals surface area (Å²) in [6, 6.07) is 8.46. The quantitative estimate of drug-likeness (QED) is 0.420. The van der Waals surface area contributed by atoms with Crippen molar-refractivity contribution in [3.63, 3.8) is 0 Å². The Bertz CT molecular complexity index is 551. The molecule has 1 saturated heterocycles. The zero-order valence-corrected chi connectivity index (χ0v) is 18.5. The number of benzene rings is 1. The Morgan fingerprint density at radius 2 is 2.12 bits per heavy atom. The van der Waals surface area contributed by atoms with Crippen LogP contribution in [0.5, 0.6) is 0 Å². The summed E-state index contributed by atoms with van der Waals surface area (Å²) in [4.78, 5) is 6.77. The summed E-state index contributed by atoms with van der Waals surface area (Å²) >= 11 is 1.86. The highest BCUT2D eigenvalue weighted by atomic mass is 127. The molecule has 0 aliphatic carbocycles. The van der Waals surface area contributed by atoms with Gasteiger partial charge in [0.25, 0.3) is 0 Å². The summed E-state index contributed by atoms with van der Waals surface area (Å²) in [5.41, 5.74) is 2.56. The number of nitrogens with one attached hydrogen (secondary N) is 1. The molecule has 1 atom stereocenters. The standard InChI is InChI=1S/C18H29N3OS.HI/c1-14-8-6-7-9-15(14)16-12-21(10-11-22-16)17(19-4)20-13-18(2,3)23-5;/h6-9,16H,10-13H2,1-5H3,(H,19,20);1H. The van der Waals surface area contributed by atoms with Gasteiger partial charge in [-0.1, -0.05) is 24.3 Å². The SMILES string of the molecule is CN=C(NCC(C)(C)SC)N1CCOC(c2ccccc2C)C1.I. The number of hydrogen-bond donors (Lipinski definition) is 1. The van der Waals surface area contributed by atoms with Crippen LogP contribution in [0.3, 0.4) is 0 Å². The van der Waals surface area contributed by atoms with E-state index in [1.54, 1.807) is 0 Å². The number of aliphatic imine (C=N–C) groups is 1. The summed E-state index contributed by atoms with van der Waals surface area (Å²) in [6.07, 6.45) is 2.25. The summed E-state index contributed by atoms with van der Waals surface area (Å²) in [5.74, 6) is 0.967. The molecule has 0 radical (unpaired) electrons. The third kappa shape index (κ3) is 5.81. The van der Waals surface area contributed by atoms with Crippen LogP contribution in [0.4, 0.5) is 0 Å². The smallest absolute Gasteiger partial charge is 0.193 e. The van der Waals surface area contributed by atoms with Gasteiger partial charge in [0.2, 0.25) is 0 Å². The van der Waals surface area contributed by atoms with Crippen LogP contribution in [-0.2, 0) is 4.74 Å². The van der Waals surface area contributed by atoms with Gasteiger partial charge in [-0.2, -0.15) is 11.8 Å². The van der Waals surface area contributed by atoms with Gasteiger partial charge in [-0.25, -0.2) is 0 Å². The Hall–Kier alpha value is -0.470. The van der Waals surface area contributed by atoms with E-state index in [4.69, 9.17) is 4.74 Å². The molecule has 136 valence electrons. The maximum absolute atomic E-state index is 6.01. The van der Waals surface area contributed by atoms with Crippen molar-refractivity contribution in [3.8, 4) is 0 Å². The topological polar surface area (TPSA) is 36.9 Å². The summed E-state index contributed by atoms with van der Waals surface area (Å²) in [6.45, 7) is 9.97. The Morgan fingerprint density at radius 3 is 2.75 bits per heavy atom. The minimum Gasteiger partial charge on any atom is -0.370 e. The number of ether oxygens (including phenoxy) is 1. The zero-order valence-electron chi connectivity index (χ0n) is 15.3. The first-order valence-electron chi connectivity index (χ1n) is 8.15. The zero-order chi connectivity index (χ0) is 16.9. The number of nitrogens with zero attached hydrogens (tertiary/aromatic N) is 2. The van der Waals surface area contributed by atoms with Crippen LogP contribution in [0.25, 0.3) is 0 Å². The minimum atomic E-state index is 0. The molecule has 4 nitrogen and oxygen atoms in total. The van der Waals surface area contributed by atoms with Gasteiger partial charge in [-0.15, -0.1) is 24.0 Å². The van der Waals surface area contributed by atoms with E-state index in [-0.39, 0.29) is 34.8 Å². The number of rotatable bonds is 4. The highest BCUT2D eigenvalue weighted by Gasteiger charge is 2.26. The molecule has 0 aromatic heterocycles. The molecule has 6 heteroatoms. The van der Waals surface area contributed by atoms with Gasteiger partial charge in [-0.05, 0) is 38.2 Å². The molecule has 24 heavy (non-hydrogen) atoms. The van der Waals surface area contributed by atoms with Crippen molar-refractivity contribution in [1.29, 1.82) is 0 Å². The van der Waals surface area contributed by atoms with Crippen molar-refractivity contribution in [1.82, 2.24) is 10.2 Å². The van der Waals surface area contributed by atoms with E-state index in [1.807, 2.05) is 18.8 Å². The molecular formula is C18H30IN3OS. The van der Waals surface area contributed by atoms with Crippen LogP contribution in [0.15, 0.2) is 29.3 Å². The molecule has 1 aromatic carbocycles. The molecule has 0 amide bonds. The van der Waals surface area contributed by atoms with E-state index < -0.39 is 0 Å². The lowest BCUT2D eigenvalue weighted by atomic mass is 10.0. The fourth-order valence-electron chi connectivity index (χ4n) is 2.67. The maximum Gasteiger partial charge on any atom is 0.193 e. The maximum atomic E-state index is 6.01. The van der Waals surface area contributed by atoms with Crippen LogP contribution < -0.4 is 5.32 Å². The number of hydrogen-bond acceptors (Lipinski definition) is 3. The van der Waals surface area contributed by atoms with Gasteiger partial charge in [0.1, 0.15) is 6.10 Å². The first-order chi connectivity index (χ1) is 11.0. The summed E-state index contributed by atoms with van der Waals surface area (Å²) < 4.78 is 6.20. The Balaban J connectivity index is 0.00000288. The van der Waals surface area contributed by atoms with E-state index >= 15 is 0 Å². The van der Waals surface area contributed by atoms with Gasteiger partial charge in [0.05, 0.1) is 13.2 Å². The van der Waals surface area contributed by atoms with Crippen LogP contribution in [-0.4, -0.2) is 55.2 Å². The normalized spacial score (nSPS) is 19.0. The van der Waals surface area contributed by atoms with Gasteiger partial charge >= 0.3 is 0 Å². The highest BCUT2D eigenvalue weighted by molar-refractivity contribution is 14.0. The van der Waals surface area contributed by atoms with E-state index in [9.17, 15) is 0 Å². The lowest BCUT2D eigenvalue weighted by Gasteiger charge is -2.36. The van der Waals surface area contributed by atoms with E-state index in [1.165, 1.54) is 11.1 Å². The average Bonchev–Trinajstić information content (AvgIpc) is 2.56. The first kappa shape index (κ1) is 21.6. The van der Waals surface area contributed by atoms with Crippen molar-refractivity contribution >= 4 is 41.7 Å². The van der Waals surface area contributed by atoms with Crippen molar-refractivity contribution in [2.24, 2.45) is 4.99 Å². The third-order valence-electron chi connectivity index (χ3n) is 4.34. The van der Waals surface area contributed by atoms with Gasteiger partial charge in [0, 0.05) is 24.9 Å². The van der Waals surface area contributed by atoms with Gasteiger partial charge in [-0.3, -0.25) is 4.99 Å². The summed E-state index contributed by atoms with van der Waals surface area (Å²) in [7, 11) is 1.85. The largest absolute Gasteiger partial charge is 0.370 e. The van der Waals surface area contributed by atoms with E-state index in [0.29, 0.717) is 0 Å².